The molecule has 0 aliphatic carbocycles. The summed E-state index contributed by atoms with van der Waals surface area (Å²) in [6, 6.07) is 12.1. The zero-order valence-corrected chi connectivity index (χ0v) is 26.4. The van der Waals surface area contributed by atoms with Crippen molar-refractivity contribution >= 4 is 28.0 Å². The maximum absolute atomic E-state index is 13.0. The molecule has 2 aromatic carbocycles. The minimum atomic E-state index is -5.08. The highest BCUT2D eigenvalue weighted by molar-refractivity contribution is 5.76. The van der Waals surface area contributed by atoms with Crippen LogP contribution in [-0.4, -0.2) is 86.7 Å². The first-order valence-corrected chi connectivity index (χ1v) is 16.1. The summed E-state index contributed by atoms with van der Waals surface area (Å²) in [5.74, 6) is -2.76. The molecule has 0 unspecified atom stereocenters. The molecule has 0 atom stereocenters. The van der Waals surface area contributed by atoms with E-state index in [2.05, 4.69) is 20.2 Å². The topological polar surface area (TPSA) is 137 Å². The molecule has 3 saturated heterocycles. The number of fused-ring (bicyclic) bond motifs is 2. The van der Waals surface area contributed by atoms with Crippen molar-refractivity contribution in [2.24, 2.45) is 0 Å². The van der Waals surface area contributed by atoms with Gasteiger partial charge in [-0.25, -0.2) is 14.4 Å². The first-order valence-electron chi connectivity index (χ1n) is 16.1. The Labute approximate surface area is 275 Å². The fourth-order valence-electron chi connectivity index (χ4n) is 6.72. The SMILES string of the molecule is O=C(O)C(F)(F)F.O=c1[nH]c2ccc(C(F)(F)F)cc2n1C1CCN(C2CCOCC2)CC1.O=c1[nH]c2ccccc2n1C1CCNCC1. The zero-order valence-electron chi connectivity index (χ0n) is 26.4. The number of alkyl halides is 6. The van der Waals surface area contributed by atoms with Gasteiger partial charge in [0.25, 0.3) is 0 Å². The van der Waals surface area contributed by atoms with Gasteiger partial charge in [-0.2, -0.15) is 26.3 Å². The Balaban J connectivity index is 0.000000172. The lowest BCUT2D eigenvalue weighted by atomic mass is 9.99. The molecule has 0 spiro atoms. The van der Waals surface area contributed by atoms with Crippen molar-refractivity contribution in [1.29, 1.82) is 0 Å². The van der Waals surface area contributed by atoms with Crippen molar-refractivity contribution in [3.05, 3.63) is 69.0 Å². The fraction of sp³-hybridized carbons (Fsp3) is 0.531. The van der Waals surface area contributed by atoms with Gasteiger partial charge in [-0.15, -0.1) is 0 Å². The average Bonchev–Trinajstić information content (AvgIpc) is 3.60. The molecule has 3 aliphatic rings. The van der Waals surface area contributed by atoms with Gasteiger partial charge in [0.2, 0.25) is 0 Å². The summed E-state index contributed by atoms with van der Waals surface area (Å²) in [4.78, 5) is 41.2. The molecule has 2 aromatic heterocycles. The highest BCUT2D eigenvalue weighted by Crippen LogP contribution is 2.33. The Bertz CT molecular complexity index is 1820. The van der Waals surface area contributed by atoms with E-state index in [1.807, 2.05) is 28.8 Å². The molecule has 49 heavy (non-hydrogen) atoms. The number of halogens is 6. The van der Waals surface area contributed by atoms with Crippen molar-refractivity contribution in [2.75, 3.05) is 39.4 Å². The lowest BCUT2D eigenvalue weighted by Gasteiger charge is -2.39. The molecule has 0 saturated carbocycles. The van der Waals surface area contributed by atoms with Crippen molar-refractivity contribution < 1.29 is 41.0 Å². The molecule has 11 nitrogen and oxygen atoms in total. The lowest BCUT2D eigenvalue weighted by molar-refractivity contribution is -0.192. The number of para-hydroxylation sites is 2. The zero-order chi connectivity index (χ0) is 35.3. The molecule has 3 fully saturated rings. The van der Waals surface area contributed by atoms with E-state index >= 15 is 0 Å². The number of hydrogen-bond acceptors (Lipinski definition) is 6. The number of aromatic amines is 2. The third-order valence-electron chi connectivity index (χ3n) is 9.16. The van der Waals surface area contributed by atoms with Crippen LogP contribution in [0.1, 0.15) is 56.2 Å². The Kier molecular flexibility index (Phi) is 11.2. The van der Waals surface area contributed by atoms with Crippen LogP contribution in [0.15, 0.2) is 52.1 Å². The number of nitrogens with zero attached hydrogens (tertiary/aromatic N) is 3. The maximum Gasteiger partial charge on any atom is 0.490 e. The number of hydrogen-bond donors (Lipinski definition) is 4. The average molecular weight is 701 g/mol. The van der Waals surface area contributed by atoms with Gasteiger partial charge in [0.15, 0.2) is 0 Å². The molecule has 3 aliphatic heterocycles. The number of piperidine rings is 2. The Morgan fingerprint density at radius 3 is 1.84 bits per heavy atom. The Morgan fingerprint density at radius 1 is 0.735 bits per heavy atom. The summed E-state index contributed by atoms with van der Waals surface area (Å²) < 4.78 is 79.7. The molecule has 4 N–H and O–H groups in total. The maximum atomic E-state index is 13.0. The Hall–Kier alpha value is -4.09. The number of carboxylic acid groups (broad SMARTS) is 1. The van der Waals surface area contributed by atoms with E-state index in [1.54, 1.807) is 0 Å². The van der Waals surface area contributed by atoms with Gasteiger partial charge in [0, 0.05) is 44.4 Å². The van der Waals surface area contributed by atoms with Crippen LogP contribution in [-0.2, 0) is 15.7 Å². The van der Waals surface area contributed by atoms with Gasteiger partial charge < -0.3 is 30.0 Å². The van der Waals surface area contributed by atoms with Gasteiger partial charge >= 0.3 is 29.7 Å². The van der Waals surface area contributed by atoms with Gasteiger partial charge in [-0.1, -0.05) is 12.1 Å². The van der Waals surface area contributed by atoms with Crippen molar-refractivity contribution in [2.45, 2.75) is 69.0 Å². The molecule has 0 radical (unpaired) electrons. The normalized spacial score (nSPS) is 18.9. The monoisotopic (exact) mass is 700 g/mol. The number of carbonyl (C=O) groups is 1. The first kappa shape index (κ1) is 36.2. The summed E-state index contributed by atoms with van der Waals surface area (Å²) in [5, 5.41) is 10.4. The number of H-pyrrole nitrogens is 2. The summed E-state index contributed by atoms with van der Waals surface area (Å²) in [5.41, 5.74) is 1.73. The summed E-state index contributed by atoms with van der Waals surface area (Å²) in [7, 11) is 0. The van der Waals surface area contributed by atoms with Crippen LogP contribution in [0.25, 0.3) is 22.1 Å². The first-order chi connectivity index (χ1) is 23.2. The molecule has 268 valence electrons. The van der Waals surface area contributed by atoms with E-state index in [9.17, 15) is 35.9 Å². The van der Waals surface area contributed by atoms with E-state index in [0.717, 1.165) is 101 Å². The standard InChI is InChI=1S/C18H22F3N3O2.C12H15N3O.C2HF3O2/c19-18(20,21)12-1-2-15-16(11-12)24(17(25)22-15)14-3-7-23(8-4-14)13-5-9-26-10-6-13;16-12-14-10-3-1-2-4-11(10)15(12)9-5-7-13-8-6-9;3-2(4,5)1(6)7/h1-2,11,13-14H,3-10H2,(H,22,25);1-4,9,13H,5-8H2,(H,14,16);(H,6,7). The van der Waals surface area contributed by atoms with Crippen LogP contribution in [0.3, 0.4) is 0 Å². The van der Waals surface area contributed by atoms with Crippen LogP contribution in [0.5, 0.6) is 0 Å². The van der Waals surface area contributed by atoms with Gasteiger partial charge in [-0.3, -0.25) is 9.13 Å². The third-order valence-corrected chi connectivity index (χ3v) is 9.16. The molecular formula is C32H38F6N6O5. The Morgan fingerprint density at radius 2 is 1.27 bits per heavy atom. The minimum absolute atomic E-state index is 0.0214. The van der Waals surface area contributed by atoms with E-state index in [1.165, 1.54) is 10.6 Å². The number of likely N-dealkylation sites (tertiary alicyclic amines) is 1. The van der Waals surface area contributed by atoms with Crippen molar-refractivity contribution in [1.82, 2.24) is 29.3 Å². The van der Waals surface area contributed by atoms with Crippen LogP contribution >= 0.6 is 0 Å². The van der Waals surface area contributed by atoms with Crippen LogP contribution in [0, 0.1) is 0 Å². The van der Waals surface area contributed by atoms with Gasteiger partial charge in [-0.05, 0) is 81.9 Å². The predicted molar refractivity (Wildman–Crippen MR) is 169 cm³/mol. The van der Waals surface area contributed by atoms with Crippen LogP contribution in [0.4, 0.5) is 26.3 Å². The largest absolute Gasteiger partial charge is 0.490 e. The second-order valence-electron chi connectivity index (χ2n) is 12.2. The number of benzene rings is 2. The van der Waals surface area contributed by atoms with E-state index in [0.29, 0.717) is 23.1 Å². The molecule has 17 heteroatoms. The summed E-state index contributed by atoms with van der Waals surface area (Å²) in [6.45, 7) is 5.27. The lowest BCUT2D eigenvalue weighted by Crippen LogP contribution is -2.45. The molecule has 0 bridgehead atoms. The third kappa shape index (κ3) is 8.75. The quantitative estimate of drug-likeness (QED) is 0.220. The predicted octanol–water partition coefficient (Wildman–Crippen LogP) is 5.05. The number of aromatic nitrogens is 4. The summed E-state index contributed by atoms with van der Waals surface area (Å²) in [6.07, 6.45) is -3.87. The molecular weight excluding hydrogens is 662 g/mol. The molecule has 5 heterocycles. The highest BCUT2D eigenvalue weighted by atomic mass is 19.4. The number of rotatable bonds is 3. The second-order valence-corrected chi connectivity index (χ2v) is 12.2. The highest BCUT2D eigenvalue weighted by Gasteiger charge is 2.38. The van der Waals surface area contributed by atoms with Crippen LogP contribution < -0.4 is 16.7 Å². The number of ether oxygens (including phenoxy) is 1. The number of nitrogens with one attached hydrogen (secondary N) is 3. The van der Waals surface area contributed by atoms with Crippen molar-refractivity contribution in [3.63, 3.8) is 0 Å². The molecule has 0 amide bonds. The summed E-state index contributed by atoms with van der Waals surface area (Å²) >= 11 is 0. The number of imidazole rings is 2. The van der Waals surface area contributed by atoms with Gasteiger partial charge in [0.05, 0.1) is 27.6 Å². The van der Waals surface area contributed by atoms with Crippen molar-refractivity contribution in [3.8, 4) is 0 Å². The smallest absolute Gasteiger partial charge is 0.475 e. The second kappa shape index (κ2) is 15.2. The van der Waals surface area contributed by atoms with E-state index in [-0.39, 0.29) is 17.4 Å². The molecule has 7 rings (SSSR count). The van der Waals surface area contributed by atoms with Crippen LogP contribution in [0.2, 0.25) is 0 Å². The van der Waals surface area contributed by atoms with E-state index in [4.69, 9.17) is 14.6 Å². The number of aliphatic carboxylic acids is 1. The van der Waals surface area contributed by atoms with Gasteiger partial charge in [0.1, 0.15) is 0 Å². The fourth-order valence-corrected chi connectivity index (χ4v) is 6.72. The molecule has 4 aromatic rings. The van der Waals surface area contributed by atoms with E-state index < -0.39 is 23.9 Å². The number of carboxylic acids is 1. The minimum Gasteiger partial charge on any atom is -0.475 e.